The van der Waals surface area contributed by atoms with E-state index in [0.717, 1.165) is 24.8 Å². The summed E-state index contributed by atoms with van der Waals surface area (Å²) in [5.74, 6) is -0.716. The number of carbonyl (C=O) groups is 3. The molecule has 2 aliphatic rings. The van der Waals surface area contributed by atoms with Crippen LogP contribution in [0.4, 0.5) is 0 Å². The molecule has 0 saturated carbocycles. The Labute approximate surface area is 152 Å². The molecule has 0 radical (unpaired) electrons. The minimum atomic E-state index is -0.502. The summed E-state index contributed by atoms with van der Waals surface area (Å²) in [6.07, 6.45) is 3.32. The van der Waals surface area contributed by atoms with Gasteiger partial charge in [-0.25, -0.2) is 10.2 Å². The highest BCUT2D eigenvalue weighted by atomic mass is 16.5. The number of fused-ring (bicyclic) bond motifs is 1. The van der Waals surface area contributed by atoms with Crippen molar-refractivity contribution < 1.29 is 19.1 Å². The third-order valence-corrected chi connectivity index (χ3v) is 4.72. The summed E-state index contributed by atoms with van der Waals surface area (Å²) in [4.78, 5) is 37.7. The Morgan fingerprint density at radius 1 is 1.27 bits per heavy atom. The maximum atomic E-state index is 12.1. The molecule has 7 heteroatoms. The molecule has 1 saturated heterocycles. The second-order valence-electron chi connectivity index (χ2n) is 6.67. The molecule has 2 aliphatic heterocycles. The molecule has 0 spiro atoms. The predicted octanol–water partition coefficient (Wildman–Crippen LogP) is 1.66. The minimum absolute atomic E-state index is 0.00288. The molecule has 26 heavy (non-hydrogen) atoms. The van der Waals surface area contributed by atoms with E-state index < -0.39 is 6.10 Å². The summed E-state index contributed by atoms with van der Waals surface area (Å²) in [5, 5.41) is 4.07. The van der Waals surface area contributed by atoms with Gasteiger partial charge in [-0.3, -0.25) is 9.59 Å². The Bertz CT molecular complexity index is 744. The van der Waals surface area contributed by atoms with Crippen LogP contribution in [-0.2, 0) is 20.7 Å². The number of ether oxygens (including phenoxy) is 1. The number of likely N-dealkylation sites (tertiary alicyclic amines) is 1. The highest BCUT2D eigenvalue weighted by Crippen LogP contribution is 2.21. The number of hydrazone groups is 1. The van der Waals surface area contributed by atoms with E-state index in [1.807, 2.05) is 12.1 Å². The zero-order chi connectivity index (χ0) is 18.5. The maximum absolute atomic E-state index is 12.1. The van der Waals surface area contributed by atoms with Crippen LogP contribution in [0.5, 0.6) is 0 Å². The summed E-state index contributed by atoms with van der Waals surface area (Å²) in [7, 11) is 0. The van der Waals surface area contributed by atoms with Crippen LogP contribution in [0.2, 0.25) is 0 Å². The second-order valence-corrected chi connectivity index (χ2v) is 6.67. The third kappa shape index (κ3) is 4.28. The van der Waals surface area contributed by atoms with Gasteiger partial charge in [-0.2, -0.15) is 5.10 Å². The van der Waals surface area contributed by atoms with Crippen LogP contribution in [0.3, 0.4) is 0 Å². The third-order valence-electron chi connectivity index (χ3n) is 4.72. The smallest absolute Gasteiger partial charge is 0.339 e. The van der Waals surface area contributed by atoms with E-state index in [9.17, 15) is 14.4 Å². The van der Waals surface area contributed by atoms with Gasteiger partial charge in [-0.05, 0) is 31.4 Å². The zero-order valence-corrected chi connectivity index (χ0v) is 14.9. The lowest BCUT2D eigenvalue weighted by molar-refractivity contribution is -0.135. The molecule has 3 rings (SSSR count). The lowest BCUT2D eigenvalue weighted by Gasteiger charge is -2.24. The van der Waals surface area contributed by atoms with Crippen molar-refractivity contribution in [2.24, 2.45) is 5.10 Å². The first-order valence-electron chi connectivity index (χ1n) is 8.94. The first-order valence-corrected chi connectivity index (χ1v) is 8.94. The first kappa shape index (κ1) is 18.1. The Morgan fingerprint density at radius 2 is 2.08 bits per heavy atom. The number of esters is 1. The van der Waals surface area contributed by atoms with Crippen molar-refractivity contribution in [1.29, 1.82) is 0 Å². The van der Waals surface area contributed by atoms with Gasteiger partial charge in [0.1, 0.15) is 12.6 Å². The van der Waals surface area contributed by atoms with Crippen LogP contribution >= 0.6 is 0 Å². The standard InChI is InChI=1S/C19H23N3O4/c1-13(16-11-14-7-4-5-8-15(14)19(25)26-16)20-21-17(23)12-22-10-6-2-3-9-18(22)24/h4-5,7-8,16H,2-3,6,9-12H2,1H3,(H,21,23). The van der Waals surface area contributed by atoms with Gasteiger partial charge in [0.15, 0.2) is 0 Å². The Morgan fingerprint density at radius 3 is 2.92 bits per heavy atom. The van der Waals surface area contributed by atoms with Gasteiger partial charge in [0.25, 0.3) is 5.91 Å². The van der Waals surface area contributed by atoms with Crippen LogP contribution in [0, 0.1) is 0 Å². The van der Waals surface area contributed by atoms with E-state index in [1.165, 1.54) is 0 Å². The highest BCUT2D eigenvalue weighted by molar-refractivity contribution is 5.97. The average Bonchev–Trinajstić information content (AvgIpc) is 2.84. The van der Waals surface area contributed by atoms with Gasteiger partial charge in [0, 0.05) is 19.4 Å². The van der Waals surface area contributed by atoms with Crippen molar-refractivity contribution in [2.75, 3.05) is 13.1 Å². The Hall–Kier alpha value is -2.70. The molecular formula is C19H23N3O4. The van der Waals surface area contributed by atoms with E-state index in [-0.39, 0.29) is 24.3 Å². The van der Waals surface area contributed by atoms with Crippen molar-refractivity contribution in [1.82, 2.24) is 10.3 Å². The molecule has 1 N–H and O–H groups in total. The van der Waals surface area contributed by atoms with Crippen LogP contribution in [0.25, 0.3) is 0 Å². The Kier molecular flexibility index (Phi) is 5.65. The molecule has 1 atom stereocenters. The van der Waals surface area contributed by atoms with Gasteiger partial charge in [0.05, 0.1) is 11.3 Å². The quantitative estimate of drug-likeness (QED) is 0.504. The van der Waals surface area contributed by atoms with E-state index >= 15 is 0 Å². The molecule has 1 unspecified atom stereocenters. The van der Waals surface area contributed by atoms with Gasteiger partial charge < -0.3 is 9.64 Å². The van der Waals surface area contributed by atoms with Crippen molar-refractivity contribution in [3.05, 3.63) is 35.4 Å². The molecule has 0 aromatic heterocycles. The molecule has 1 aromatic carbocycles. The monoisotopic (exact) mass is 357 g/mol. The zero-order valence-electron chi connectivity index (χ0n) is 14.9. The van der Waals surface area contributed by atoms with Gasteiger partial charge in [-0.1, -0.05) is 24.6 Å². The molecule has 138 valence electrons. The fourth-order valence-corrected chi connectivity index (χ4v) is 3.20. The van der Waals surface area contributed by atoms with E-state index in [0.29, 0.717) is 30.7 Å². The molecule has 1 fully saturated rings. The Balaban J connectivity index is 1.57. The fourth-order valence-electron chi connectivity index (χ4n) is 3.20. The van der Waals surface area contributed by atoms with E-state index in [1.54, 1.807) is 24.0 Å². The molecule has 0 aliphatic carbocycles. The van der Waals surface area contributed by atoms with E-state index in [4.69, 9.17) is 4.74 Å². The normalized spacial score (nSPS) is 20.9. The van der Waals surface area contributed by atoms with Gasteiger partial charge >= 0.3 is 5.97 Å². The van der Waals surface area contributed by atoms with Gasteiger partial charge in [0.2, 0.25) is 5.91 Å². The number of benzene rings is 1. The number of hydrogen-bond acceptors (Lipinski definition) is 5. The second kappa shape index (κ2) is 8.12. The van der Waals surface area contributed by atoms with Crippen molar-refractivity contribution in [2.45, 2.75) is 45.1 Å². The number of rotatable bonds is 4. The number of carbonyl (C=O) groups excluding carboxylic acids is 3. The molecule has 2 heterocycles. The minimum Gasteiger partial charge on any atom is -0.452 e. The van der Waals surface area contributed by atoms with E-state index in [2.05, 4.69) is 10.5 Å². The number of nitrogens with zero attached hydrogens (tertiary/aromatic N) is 2. The summed E-state index contributed by atoms with van der Waals surface area (Å²) < 4.78 is 5.40. The lowest BCUT2D eigenvalue weighted by atomic mass is 9.97. The van der Waals surface area contributed by atoms with Crippen LogP contribution in [-0.4, -0.2) is 47.6 Å². The lowest BCUT2D eigenvalue weighted by Crippen LogP contribution is -2.40. The SMILES string of the molecule is CC(=NNC(=O)CN1CCCCCC1=O)C1Cc2ccccc2C(=O)O1. The van der Waals surface area contributed by atoms with Crippen molar-refractivity contribution in [3.8, 4) is 0 Å². The molecule has 7 nitrogen and oxygen atoms in total. The topological polar surface area (TPSA) is 88.1 Å². The van der Waals surface area contributed by atoms with Crippen LogP contribution in [0.15, 0.2) is 29.4 Å². The average molecular weight is 357 g/mol. The van der Waals surface area contributed by atoms with Crippen LogP contribution in [0.1, 0.15) is 48.5 Å². The molecule has 2 amide bonds. The van der Waals surface area contributed by atoms with Gasteiger partial charge in [-0.15, -0.1) is 0 Å². The molecule has 0 bridgehead atoms. The fraction of sp³-hybridized carbons (Fsp3) is 0.474. The molecular weight excluding hydrogens is 334 g/mol. The molecule has 1 aromatic rings. The summed E-state index contributed by atoms with van der Waals surface area (Å²) >= 11 is 0. The van der Waals surface area contributed by atoms with Crippen molar-refractivity contribution in [3.63, 3.8) is 0 Å². The number of amides is 2. The number of cyclic esters (lactones) is 1. The highest BCUT2D eigenvalue weighted by Gasteiger charge is 2.28. The maximum Gasteiger partial charge on any atom is 0.339 e. The largest absolute Gasteiger partial charge is 0.452 e. The summed E-state index contributed by atoms with van der Waals surface area (Å²) in [5.41, 5.74) is 4.46. The number of hydrogen-bond donors (Lipinski definition) is 1. The van der Waals surface area contributed by atoms with Crippen molar-refractivity contribution >= 4 is 23.5 Å². The van der Waals surface area contributed by atoms with Crippen LogP contribution < -0.4 is 5.43 Å². The summed E-state index contributed by atoms with van der Waals surface area (Å²) in [6.45, 7) is 2.32. The predicted molar refractivity (Wildman–Crippen MR) is 95.6 cm³/mol. The summed E-state index contributed by atoms with van der Waals surface area (Å²) in [6, 6.07) is 7.30. The number of nitrogens with one attached hydrogen (secondary N) is 1. The first-order chi connectivity index (χ1) is 12.5.